The molecule has 4 rings (SSSR count). The monoisotopic (exact) mass is 420 g/mol. The summed E-state index contributed by atoms with van der Waals surface area (Å²) < 4.78 is 27.4. The zero-order chi connectivity index (χ0) is 21.3. The molecule has 0 unspecified atom stereocenters. The van der Waals surface area contributed by atoms with Crippen molar-refractivity contribution in [2.24, 2.45) is 7.05 Å². The van der Waals surface area contributed by atoms with E-state index in [0.29, 0.717) is 28.0 Å². The van der Waals surface area contributed by atoms with Gasteiger partial charge in [0.05, 0.1) is 28.2 Å². The normalized spacial score (nSPS) is 11.5. The molecule has 0 aliphatic rings. The Kier molecular flexibility index (Phi) is 5.01. The molecule has 7 nitrogen and oxygen atoms in total. The van der Waals surface area contributed by atoms with Crippen molar-refractivity contribution in [2.45, 2.75) is 10.9 Å². The second-order valence-corrected chi connectivity index (χ2v) is 8.82. The zero-order valence-electron chi connectivity index (χ0n) is 16.2. The third kappa shape index (κ3) is 3.77. The van der Waals surface area contributed by atoms with E-state index in [2.05, 4.69) is 10.3 Å². The zero-order valence-corrected chi connectivity index (χ0v) is 17.1. The summed E-state index contributed by atoms with van der Waals surface area (Å²) in [7, 11) is -1.97. The summed E-state index contributed by atoms with van der Waals surface area (Å²) in [5.41, 5.74) is 9.19. The SMILES string of the molecule is Cn1c(S(=O)(=O)Cc2ccc(C(=O)Nc3ccccc3N)cc2)nc2ccccc21. The van der Waals surface area contributed by atoms with Crippen molar-refractivity contribution in [1.82, 2.24) is 9.55 Å². The van der Waals surface area contributed by atoms with Gasteiger partial charge in [-0.05, 0) is 42.0 Å². The minimum atomic E-state index is -3.66. The van der Waals surface area contributed by atoms with Crippen LogP contribution in [0.3, 0.4) is 0 Å². The maximum atomic E-state index is 12.9. The maximum absolute atomic E-state index is 12.9. The smallest absolute Gasteiger partial charge is 0.255 e. The molecule has 3 aromatic carbocycles. The lowest BCUT2D eigenvalue weighted by atomic mass is 10.1. The summed E-state index contributed by atoms with van der Waals surface area (Å²) in [4.78, 5) is 16.7. The van der Waals surface area contributed by atoms with E-state index in [4.69, 9.17) is 5.73 Å². The standard InChI is InChI=1S/C22H20N4O3S/c1-26-20-9-5-4-8-19(20)25-22(26)30(28,29)14-15-10-12-16(13-11-15)21(27)24-18-7-3-2-6-17(18)23/h2-13H,14,23H2,1H3,(H,24,27). The van der Waals surface area contributed by atoms with Gasteiger partial charge in [-0.3, -0.25) is 4.79 Å². The molecule has 30 heavy (non-hydrogen) atoms. The molecule has 0 radical (unpaired) electrons. The maximum Gasteiger partial charge on any atom is 0.255 e. The highest BCUT2D eigenvalue weighted by Gasteiger charge is 2.22. The molecule has 0 aliphatic heterocycles. The van der Waals surface area contributed by atoms with Gasteiger partial charge in [0.2, 0.25) is 15.0 Å². The molecule has 0 aliphatic carbocycles. The summed E-state index contributed by atoms with van der Waals surface area (Å²) in [6.07, 6.45) is 0. The molecule has 3 N–H and O–H groups in total. The van der Waals surface area contributed by atoms with Crippen molar-refractivity contribution < 1.29 is 13.2 Å². The van der Waals surface area contributed by atoms with Crippen LogP contribution in [-0.2, 0) is 22.6 Å². The fraction of sp³-hybridized carbons (Fsp3) is 0.0909. The van der Waals surface area contributed by atoms with Crippen LogP contribution in [0.15, 0.2) is 78.0 Å². The summed E-state index contributed by atoms with van der Waals surface area (Å²) in [6, 6.07) is 20.7. The molecular weight excluding hydrogens is 400 g/mol. The molecule has 152 valence electrons. The van der Waals surface area contributed by atoms with E-state index >= 15 is 0 Å². The van der Waals surface area contributed by atoms with E-state index in [1.165, 1.54) is 0 Å². The van der Waals surface area contributed by atoms with Gasteiger partial charge in [0.1, 0.15) is 0 Å². The minimum Gasteiger partial charge on any atom is -0.397 e. The minimum absolute atomic E-state index is 0.0186. The molecule has 0 saturated carbocycles. The van der Waals surface area contributed by atoms with Crippen molar-refractivity contribution in [3.05, 3.63) is 83.9 Å². The van der Waals surface area contributed by atoms with E-state index < -0.39 is 9.84 Å². The second-order valence-electron chi connectivity index (χ2n) is 6.94. The summed E-state index contributed by atoms with van der Waals surface area (Å²) in [5.74, 6) is -0.532. The Morgan fingerprint density at radius 1 is 1.00 bits per heavy atom. The van der Waals surface area contributed by atoms with E-state index in [0.717, 1.165) is 5.52 Å². The third-order valence-corrected chi connectivity index (χ3v) is 6.44. The van der Waals surface area contributed by atoms with Crippen molar-refractivity contribution in [3.63, 3.8) is 0 Å². The first-order valence-electron chi connectivity index (χ1n) is 9.24. The summed E-state index contributed by atoms with van der Waals surface area (Å²) in [6.45, 7) is 0. The van der Waals surface area contributed by atoms with Gasteiger partial charge in [-0.15, -0.1) is 0 Å². The largest absolute Gasteiger partial charge is 0.397 e. The van der Waals surface area contributed by atoms with Gasteiger partial charge in [0, 0.05) is 12.6 Å². The molecule has 4 aromatic rings. The quantitative estimate of drug-likeness (QED) is 0.481. The van der Waals surface area contributed by atoms with Gasteiger partial charge in [0.15, 0.2) is 0 Å². The number of nitrogens with two attached hydrogens (primary N) is 1. The number of hydrogen-bond donors (Lipinski definition) is 2. The number of carbonyl (C=O) groups is 1. The van der Waals surface area contributed by atoms with Crippen molar-refractivity contribution in [2.75, 3.05) is 11.1 Å². The first-order valence-corrected chi connectivity index (χ1v) is 10.9. The van der Waals surface area contributed by atoms with Crippen LogP contribution in [0.1, 0.15) is 15.9 Å². The first-order chi connectivity index (χ1) is 14.3. The molecule has 0 fully saturated rings. The van der Waals surface area contributed by atoms with Gasteiger partial charge in [-0.1, -0.05) is 36.4 Å². The van der Waals surface area contributed by atoms with E-state index in [9.17, 15) is 13.2 Å². The highest BCUT2D eigenvalue weighted by Crippen LogP contribution is 2.22. The Balaban J connectivity index is 1.53. The molecular formula is C22H20N4O3S. The van der Waals surface area contributed by atoms with Gasteiger partial charge >= 0.3 is 0 Å². The van der Waals surface area contributed by atoms with Crippen LogP contribution in [0.2, 0.25) is 0 Å². The van der Waals surface area contributed by atoms with E-state index in [1.807, 2.05) is 18.2 Å². The lowest BCUT2D eigenvalue weighted by molar-refractivity contribution is 0.102. The molecule has 0 saturated heterocycles. The molecule has 1 amide bonds. The number of sulfone groups is 1. The fourth-order valence-corrected chi connectivity index (χ4v) is 4.76. The van der Waals surface area contributed by atoms with Crippen LogP contribution in [0.5, 0.6) is 0 Å². The average molecular weight is 420 g/mol. The Morgan fingerprint density at radius 3 is 2.37 bits per heavy atom. The molecule has 0 bridgehead atoms. The lowest BCUT2D eigenvalue weighted by Gasteiger charge is -2.09. The van der Waals surface area contributed by atoms with Crippen LogP contribution >= 0.6 is 0 Å². The Morgan fingerprint density at radius 2 is 1.67 bits per heavy atom. The topological polar surface area (TPSA) is 107 Å². The van der Waals surface area contributed by atoms with Crippen LogP contribution in [-0.4, -0.2) is 23.9 Å². The Bertz CT molecular complexity index is 1340. The Hall–Kier alpha value is -3.65. The number of carbonyl (C=O) groups excluding carboxylic acids is 1. The number of amides is 1. The van der Waals surface area contributed by atoms with Gasteiger partial charge in [0.25, 0.3) is 5.91 Å². The second kappa shape index (κ2) is 7.64. The fourth-order valence-electron chi connectivity index (χ4n) is 3.24. The number of hydrogen-bond acceptors (Lipinski definition) is 5. The van der Waals surface area contributed by atoms with Crippen LogP contribution in [0.25, 0.3) is 11.0 Å². The van der Waals surface area contributed by atoms with E-state index in [-0.39, 0.29) is 16.8 Å². The number of rotatable bonds is 5. The van der Waals surface area contributed by atoms with E-state index in [1.54, 1.807) is 66.2 Å². The van der Waals surface area contributed by atoms with Crippen molar-refractivity contribution >= 4 is 38.2 Å². The predicted molar refractivity (Wildman–Crippen MR) is 117 cm³/mol. The number of aryl methyl sites for hydroxylation is 1. The number of benzene rings is 3. The summed E-state index contributed by atoms with van der Waals surface area (Å²) in [5, 5.41) is 2.77. The molecule has 0 atom stereocenters. The number of fused-ring (bicyclic) bond motifs is 1. The first kappa shape index (κ1) is 19.7. The number of imidazole rings is 1. The third-order valence-electron chi connectivity index (χ3n) is 4.81. The highest BCUT2D eigenvalue weighted by atomic mass is 32.2. The van der Waals surface area contributed by atoms with Crippen LogP contribution in [0, 0.1) is 0 Å². The number of nitrogens with zero attached hydrogens (tertiary/aromatic N) is 2. The number of aromatic nitrogens is 2. The Labute approximate surface area is 174 Å². The van der Waals surface area contributed by atoms with Crippen molar-refractivity contribution in [3.8, 4) is 0 Å². The van der Waals surface area contributed by atoms with Gasteiger partial charge in [-0.25, -0.2) is 13.4 Å². The summed E-state index contributed by atoms with van der Waals surface area (Å²) >= 11 is 0. The number of nitrogen functional groups attached to an aromatic ring is 1. The molecule has 0 spiro atoms. The molecule has 1 aromatic heterocycles. The number of anilines is 2. The number of para-hydroxylation sites is 4. The van der Waals surface area contributed by atoms with Crippen LogP contribution < -0.4 is 11.1 Å². The van der Waals surface area contributed by atoms with Crippen LogP contribution in [0.4, 0.5) is 11.4 Å². The van der Waals surface area contributed by atoms with Gasteiger partial charge < -0.3 is 15.6 Å². The van der Waals surface area contributed by atoms with Gasteiger partial charge in [-0.2, -0.15) is 0 Å². The average Bonchev–Trinajstić information content (AvgIpc) is 3.08. The number of nitrogens with one attached hydrogen (secondary N) is 1. The lowest BCUT2D eigenvalue weighted by Crippen LogP contribution is -2.14. The van der Waals surface area contributed by atoms with Crippen molar-refractivity contribution in [1.29, 1.82) is 0 Å². The molecule has 8 heteroatoms. The predicted octanol–water partition coefficient (Wildman–Crippen LogP) is 3.38. The molecule has 1 heterocycles. The highest BCUT2D eigenvalue weighted by molar-refractivity contribution is 7.90.